The first kappa shape index (κ1) is 19.8. The molecule has 0 saturated heterocycles. The summed E-state index contributed by atoms with van der Waals surface area (Å²) in [4.78, 5) is 24.4. The normalized spacial score (nSPS) is 11.6. The Morgan fingerprint density at radius 1 is 1.15 bits per heavy atom. The molecular formula is C20H23ClN2O3. The predicted octanol–water partition coefficient (Wildman–Crippen LogP) is 4.04. The highest BCUT2D eigenvalue weighted by molar-refractivity contribution is 6.40. The van der Waals surface area contributed by atoms with Crippen molar-refractivity contribution in [2.75, 3.05) is 12.4 Å². The van der Waals surface area contributed by atoms with Crippen LogP contribution >= 0.6 is 11.6 Å². The SMILES string of the molecule is CCc1ccc(C(C)NC(=O)C(=O)Nc2cc(C)c(Cl)cc2OC)cc1. The van der Waals surface area contributed by atoms with Crippen molar-refractivity contribution in [1.82, 2.24) is 5.32 Å². The van der Waals surface area contributed by atoms with Crippen molar-refractivity contribution in [1.29, 1.82) is 0 Å². The molecule has 5 nitrogen and oxygen atoms in total. The largest absolute Gasteiger partial charge is 0.495 e. The summed E-state index contributed by atoms with van der Waals surface area (Å²) >= 11 is 6.05. The zero-order chi connectivity index (χ0) is 19.3. The maximum Gasteiger partial charge on any atom is 0.313 e. The van der Waals surface area contributed by atoms with Crippen molar-refractivity contribution in [3.05, 3.63) is 58.1 Å². The summed E-state index contributed by atoms with van der Waals surface area (Å²) in [5.74, 6) is -1.08. The van der Waals surface area contributed by atoms with Gasteiger partial charge in [0.25, 0.3) is 0 Å². The second-order valence-electron chi connectivity index (χ2n) is 6.05. The number of hydrogen-bond donors (Lipinski definition) is 2. The summed E-state index contributed by atoms with van der Waals surface area (Å²) in [6.07, 6.45) is 0.950. The highest BCUT2D eigenvalue weighted by Crippen LogP contribution is 2.30. The molecule has 2 aromatic rings. The maximum absolute atomic E-state index is 12.2. The van der Waals surface area contributed by atoms with Gasteiger partial charge in [0.15, 0.2) is 0 Å². The van der Waals surface area contributed by atoms with E-state index in [-0.39, 0.29) is 6.04 Å². The fourth-order valence-corrected chi connectivity index (χ4v) is 2.65. The van der Waals surface area contributed by atoms with Gasteiger partial charge in [0, 0.05) is 11.1 Å². The smallest absolute Gasteiger partial charge is 0.313 e. The van der Waals surface area contributed by atoms with E-state index in [1.165, 1.54) is 12.7 Å². The average Bonchev–Trinajstić information content (AvgIpc) is 2.64. The van der Waals surface area contributed by atoms with E-state index in [4.69, 9.17) is 16.3 Å². The first-order chi connectivity index (χ1) is 12.3. The Hall–Kier alpha value is -2.53. The standard InChI is InChI=1S/C20H23ClN2O3/c1-5-14-6-8-15(9-7-14)13(3)22-19(24)20(25)23-17-10-12(2)16(21)11-18(17)26-4/h6-11,13H,5H2,1-4H3,(H,22,24)(H,23,25). The Morgan fingerprint density at radius 3 is 2.38 bits per heavy atom. The van der Waals surface area contributed by atoms with E-state index in [1.807, 2.05) is 31.2 Å². The fourth-order valence-electron chi connectivity index (χ4n) is 2.50. The number of amides is 2. The van der Waals surface area contributed by atoms with Crippen molar-refractivity contribution in [2.45, 2.75) is 33.2 Å². The first-order valence-electron chi connectivity index (χ1n) is 8.40. The van der Waals surface area contributed by atoms with Gasteiger partial charge in [-0.25, -0.2) is 0 Å². The molecule has 0 radical (unpaired) electrons. The van der Waals surface area contributed by atoms with Crippen LogP contribution in [0.1, 0.15) is 36.6 Å². The number of aryl methyl sites for hydroxylation is 2. The van der Waals surface area contributed by atoms with Crippen molar-refractivity contribution >= 4 is 29.1 Å². The molecule has 1 unspecified atom stereocenters. The van der Waals surface area contributed by atoms with Crippen molar-refractivity contribution in [2.24, 2.45) is 0 Å². The van der Waals surface area contributed by atoms with Crippen LogP contribution in [0.5, 0.6) is 5.75 Å². The van der Waals surface area contributed by atoms with E-state index in [0.29, 0.717) is 16.5 Å². The molecule has 0 heterocycles. The van der Waals surface area contributed by atoms with Crippen LogP contribution in [0.2, 0.25) is 5.02 Å². The summed E-state index contributed by atoms with van der Waals surface area (Å²) in [6.45, 7) is 5.72. The number of benzene rings is 2. The third-order valence-electron chi connectivity index (χ3n) is 4.17. The number of hydrogen-bond acceptors (Lipinski definition) is 3. The number of nitrogens with one attached hydrogen (secondary N) is 2. The minimum absolute atomic E-state index is 0.284. The zero-order valence-corrected chi connectivity index (χ0v) is 16.1. The van der Waals surface area contributed by atoms with Crippen molar-refractivity contribution in [3.63, 3.8) is 0 Å². The molecule has 0 saturated carbocycles. The molecule has 0 aromatic heterocycles. The predicted molar refractivity (Wildman–Crippen MR) is 104 cm³/mol. The van der Waals surface area contributed by atoms with E-state index >= 15 is 0 Å². The number of ether oxygens (including phenoxy) is 1. The Morgan fingerprint density at radius 2 is 1.81 bits per heavy atom. The molecule has 1 atom stereocenters. The quantitative estimate of drug-likeness (QED) is 0.776. The van der Waals surface area contributed by atoms with Gasteiger partial charge in [-0.15, -0.1) is 0 Å². The van der Waals surface area contributed by atoms with Gasteiger partial charge in [-0.3, -0.25) is 9.59 Å². The Balaban J connectivity index is 2.05. The molecule has 6 heteroatoms. The molecule has 26 heavy (non-hydrogen) atoms. The maximum atomic E-state index is 12.2. The summed E-state index contributed by atoms with van der Waals surface area (Å²) in [5, 5.41) is 5.79. The molecule has 0 aliphatic heterocycles. The summed E-state index contributed by atoms with van der Waals surface area (Å²) < 4.78 is 5.20. The van der Waals surface area contributed by atoms with Crippen molar-refractivity contribution in [3.8, 4) is 5.75 Å². The van der Waals surface area contributed by atoms with Gasteiger partial charge in [0.05, 0.1) is 18.8 Å². The van der Waals surface area contributed by atoms with Crippen molar-refractivity contribution < 1.29 is 14.3 Å². The molecule has 2 amide bonds. The molecule has 2 rings (SSSR count). The molecule has 0 fully saturated rings. The van der Waals surface area contributed by atoms with Gasteiger partial charge in [-0.2, -0.15) is 0 Å². The lowest BCUT2D eigenvalue weighted by Crippen LogP contribution is -2.37. The van der Waals surface area contributed by atoms with Gasteiger partial charge >= 0.3 is 11.8 Å². The monoisotopic (exact) mass is 374 g/mol. The molecule has 138 valence electrons. The van der Waals surface area contributed by atoms with Crippen LogP contribution in [-0.4, -0.2) is 18.9 Å². The van der Waals surface area contributed by atoms with Crippen LogP contribution in [-0.2, 0) is 16.0 Å². The number of methoxy groups -OCH3 is 1. The summed E-state index contributed by atoms with van der Waals surface area (Å²) in [6, 6.07) is 10.9. The third kappa shape index (κ3) is 4.76. The van der Waals surface area contributed by atoms with Crippen LogP contribution < -0.4 is 15.4 Å². The molecular weight excluding hydrogens is 352 g/mol. The number of rotatable bonds is 5. The minimum Gasteiger partial charge on any atom is -0.495 e. The van der Waals surface area contributed by atoms with Crippen LogP contribution in [0.4, 0.5) is 5.69 Å². The zero-order valence-electron chi connectivity index (χ0n) is 15.4. The molecule has 0 bridgehead atoms. The second kappa shape index (κ2) is 8.72. The van der Waals surface area contributed by atoms with Crippen LogP contribution in [0, 0.1) is 6.92 Å². The van der Waals surface area contributed by atoms with Gasteiger partial charge in [-0.1, -0.05) is 42.8 Å². The number of anilines is 1. The van der Waals surface area contributed by atoms with Gasteiger partial charge < -0.3 is 15.4 Å². The van der Waals surface area contributed by atoms with Crippen LogP contribution in [0.3, 0.4) is 0 Å². The molecule has 0 aliphatic rings. The molecule has 0 aliphatic carbocycles. The van der Waals surface area contributed by atoms with E-state index in [9.17, 15) is 9.59 Å². The highest BCUT2D eigenvalue weighted by atomic mass is 35.5. The third-order valence-corrected chi connectivity index (χ3v) is 4.58. The second-order valence-corrected chi connectivity index (χ2v) is 6.45. The Kier molecular flexibility index (Phi) is 6.64. The molecule has 2 N–H and O–H groups in total. The van der Waals surface area contributed by atoms with E-state index in [1.54, 1.807) is 19.1 Å². The topological polar surface area (TPSA) is 67.4 Å². The average molecular weight is 375 g/mol. The summed E-state index contributed by atoms with van der Waals surface area (Å²) in [7, 11) is 1.47. The van der Waals surface area contributed by atoms with Gasteiger partial charge in [0.1, 0.15) is 5.75 Å². The van der Waals surface area contributed by atoms with Gasteiger partial charge in [0.2, 0.25) is 0 Å². The Labute approximate surface area is 158 Å². The summed E-state index contributed by atoms with van der Waals surface area (Å²) in [5.41, 5.74) is 3.32. The number of halogens is 1. The molecule has 2 aromatic carbocycles. The van der Waals surface area contributed by atoms with E-state index in [2.05, 4.69) is 17.6 Å². The van der Waals surface area contributed by atoms with E-state index < -0.39 is 11.8 Å². The van der Waals surface area contributed by atoms with Crippen LogP contribution in [0.15, 0.2) is 36.4 Å². The number of carbonyl (C=O) groups is 2. The highest BCUT2D eigenvalue weighted by Gasteiger charge is 2.19. The lowest BCUT2D eigenvalue weighted by Gasteiger charge is -2.16. The fraction of sp³-hybridized carbons (Fsp3) is 0.300. The lowest BCUT2D eigenvalue weighted by molar-refractivity contribution is -0.136. The minimum atomic E-state index is -0.762. The first-order valence-corrected chi connectivity index (χ1v) is 8.78. The lowest BCUT2D eigenvalue weighted by atomic mass is 10.0. The Bertz CT molecular complexity index is 803. The van der Waals surface area contributed by atoms with Gasteiger partial charge in [-0.05, 0) is 43.0 Å². The molecule has 0 spiro atoms. The van der Waals surface area contributed by atoms with Crippen LogP contribution in [0.25, 0.3) is 0 Å². The van der Waals surface area contributed by atoms with E-state index in [0.717, 1.165) is 17.5 Å². The number of carbonyl (C=O) groups excluding carboxylic acids is 2.